The van der Waals surface area contributed by atoms with Crippen LogP contribution in [0.4, 0.5) is 5.69 Å². The molecule has 0 aliphatic heterocycles. The zero-order valence-corrected chi connectivity index (χ0v) is 17.0. The molecule has 7 nitrogen and oxygen atoms in total. The van der Waals surface area contributed by atoms with Gasteiger partial charge in [-0.2, -0.15) is 0 Å². The molecule has 8 heteroatoms. The Kier molecular flexibility index (Phi) is 6.54. The fraction of sp³-hybridized carbons (Fsp3) is 0.136. The van der Waals surface area contributed by atoms with Crippen molar-refractivity contribution < 1.29 is 28.3 Å². The van der Waals surface area contributed by atoms with Crippen molar-refractivity contribution >= 4 is 35.5 Å². The molecule has 2 aromatic carbocycles. The summed E-state index contributed by atoms with van der Waals surface area (Å²) in [5.41, 5.74) is 2.01. The molecule has 3 aromatic rings. The minimum Gasteiger partial charge on any atom is -0.495 e. The van der Waals surface area contributed by atoms with Gasteiger partial charge in [0, 0.05) is 5.56 Å². The van der Waals surface area contributed by atoms with Crippen LogP contribution < -0.4 is 10.1 Å². The van der Waals surface area contributed by atoms with Crippen molar-refractivity contribution in [3.63, 3.8) is 0 Å². The Labute approximate surface area is 177 Å². The van der Waals surface area contributed by atoms with Crippen molar-refractivity contribution in [3.8, 4) is 17.1 Å². The molecule has 0 atom stereocenters. The number of ether oxygens (including phenoxy) is 2. The Balaban J connectivity index is 1.69. The summed E-state index contributed by atoms with van der Waals surface area (Å²) < 4.78 is 15.7. The number of esters is 1. The number of furan rings is 1. The molecule has 0 aliphatic carbocycles. The van der Waals surface area contributed by atoms with Crippen molar-refractivity contribution in [2.45, 2.75) is 6.92 Å². The lowest BCUT2D eigenvalue weighted by Crippen LogP contribution is -2.21. The van der Waals surface area contributed by atoms with Gasteiger partial charge in [0.25, 0.3) is 5.91 Å². The molecule has 1 amide bonds. The lowest BCUT2D eigenvalue weighted by molar-refractivity contribution is -0.119. The number of aryl methyl sites for hydroxylation is 1. The highest BCUT2D eigenvalue weighted by Crippen LogP contribution is 2.28. The van der Waals surface area contributed by atoms with Gasteiger partial charge in [-0.3, -0.25) is 9.59 Å². The van der Waals surface area contributed by atoms with Gasteiger partial charge >= 0.3 is 5.97 Å². The molecule has 0 aliphatic rings. The number of hydrogen-bond donors (Lipinski definition) is 1. The topological polar surface area (TPSA) is 94.8 Å². The summed E-state index contributed by atoms with van der Waals surface area (Å²) in [7, 11) is 1.49. The largest absolute Gasteiger partial charge is 0.495 e. The smallest absolute Gasteiger partial charge is 0.340 e. The number of carbonyl (C=O) groups excluding carboxylic acids is 3. The number of halogens is 1. The van der Waals surface area contributed by atoms with Crippen molar-refractivity contribution in [2.24, 2.45) is 0 Å². The molecule has 154 valence electrons. The van der Waals surface area contributed by atoms with Crippen molar-refractivity contribution in [1.82, 2.24) is 0 Å². The van der Waals surface area contributed by atoms with Gasteiger partial charge in [-0.05, 0) is 55.0 Å². The van der Waals surface area contributed by atoms with E-state index in [1.807, 2.05) is 13.0 Å². The van der Waals surface area contributed by atoms with E-state index in [4.69, 9.17) is 25.5 Å². The Bertz CT molecular complexity index is 1100. The lowest BCUT2D eigenvalue weighted by atomic mass is 10.1. The van der Waals surface area contributed by atoms with E-state index in [2.05, 4.69) is 5.32 Å². The summed E-state index contributed by atoms with van der Waals surface area (Å²) in [6.45, 7) is 1.37. The van der Waals surface area contributed by atoms with E-state index < -0.39 is 18.5 Å². The molecule has 0 unspecified atom stereocenters. The minimum atomic E-state index is -0.768. The summed E-state index contributed by atoms with van der Waals surface area (Å²) in [4.78, 5) is 35.4. The predicted octanol–water partition coefficient (Wildman–Crippen LogP) is 4.53. The molecule has 3 rings (SSSR count). The second-order valence-corrected chi connectivity index (χ2v) is 6.75. The highest BCUT2D eigenvalue weighted by molar-refractivity contribution is 6.33. The minimum absolute atomic E-state index is 0.0687. The fourth-order valence-corrected chi connectivity index (χ4v) is 2.92. The van der Waals surface area contributed by atoms with E-state index in [-0.39, 0.29) is 16.3 Å². The maximum atomic E-state index is 12.4. The number of benzene rings is 2. The number of carbonyl (C=O) groups is 3. The molecule has 1 N–H and O–H groups in total. The van der Waals surface area contributed by atoms with Gasteiger partial charge in [0.1, 0.15) is 11.5 Å². The van der Waals surface area contributed by atoms with Gasteiger partial charge in [0.2, 0.25) is 0 Å². The second-order valence-electron chi connectivity index (χ2n) is 6.34. The van der Waals surface area contributed by atoms with Crippen molar-refractivity contribution in [1.29, 1.82) is 0 Å². The Morgan fingerprint density at radius 3 is 2.63 bits per heavy atom. The van der Waals surface area contributed by atoms with Gasteiger partial charge in [0.15, 0.2) is 18.7 Å². The molecule has 0 saturated heterocycles. The molecule has 0 fully saturated rings. The Morgan fingerprint density at radius 2 is 1.93 bits per heavy atom. The van der Waals surface area contributed by atoms with E-state index >= 15 is 0 Å². The van der Waals surface area contributed by atoms with Crippen LogP contribution in [0.1, 0.15) is 26.5 Å². The van der Waals surface area contributed by atoms with Gasteiger partial charge in [-0.15, -0.1) is 0 Å². The SMILES string of the molecule is COc1ccc(C)cc1NC(=O)COC(=O)c1cc(-c2ccc(C=O)o2)ccc1Cl. The fourth-order valence-electron chi connectivity index (χ4n) is 2.72. The number of hydrogen-bond acceptors (Lipinski definition) is 6. The van der Waals surface area contributed by atoms with Crippen LogP contribution in [0.15, 0.2) is 52.9 Å². The first-order chi connectivity index (χ1) is 14.4. The number of methoxy groups -OCH3 is 1. The molecule has 30 heavy (non-hydrogen) atoms. The van der Waals surface area contributed by atoms with Gasteiger partial charge in [-0.1, -0.05) is 17.7 Å². The Hall–Kier alpha value is -3.58. The highest BCUT2D eigenvalue weighted by atomic mass is 35.5. The maximum absolute atomic E-state index is 12.4. The van der Waals surface area contributed by atoms with Crippen molar-refractivity contribution in [3.05, 3.63) is 70.4 Å². The molecule has 1 heterocycles. The predicted molar refractivity (Wildman–Crippen MR) is 111 cm³/mol. The van der Waals surface area contributed by atoms with Crippen LogP contribution in [0.2, 0.25) is 5.02 Å². The third kappa shape index (κ3) is 4.87. The first-order valence-electron chi connectivity index (χ1n) is 8.88. The van der Waals surface area contributed by atoms with Gasteiger partial charge < -0.3 is 19.2 Å². The quantitative estimate of drug-likeness (QED) is 0.440. The molecule has 0 saturated carbocycles. The number of amides is 1. The highest BCUT2D eigenvalue weighted by Gasteiger charge is 2.17. The number of nitrogens with one attached hydrogen (secondary N) is 1. The van der Waals surface area contributed by atoms with Crippen LogP contribution in [-0.4, -0.2) is 31.9 Å². The zero-order valence-electron chi connectivity index (χ0n) is 16.2. The van der Waals surface area contributed by atoms with Gasteiger partial charge in [-0.25, -0.2) is 4.79 Å². The van der Waals surface area contributed by atoms with Crippen molar-refractivity contribution in [2.75, 3.05) is 19.0 Å². The molecule has 0 bridgehead atoms. The molecular formula is C22H18ClNO6. The van der Waals surface area contributed by atoms with Crippen LogP contribution in [-0.2, 0) is 9.53 Å². The summed E-state index contributed by atoms with van der Waals surface area (Å²) in [5, 5.41) is 2.81. The first-order valence-corrected chi connectivity index (χ1v) is 9.25. The van der Waals surface area contributed by atoms with Crippen LogP contribution in [0.25, 0.3) is 11.3 Å². The monoisotopic (exact) mass is 427 g/mol. The number of aldehydes is 1. The molecule has 0 spiro atoms. The third-order valence-corrected chi connectivity index (χ3v) is 4.51. The molecule has 0 radical (unpaired) electrons. The second kappa shape index (κ2) is 9.28. The van der Waals surface area contributed by atoms with Crippen LogP contribution >= 0.6 is 11.6 Å². The Morgan fingerprint density at radius 1 is 1.13 bits per heavy atom. The van der Waals surface area contributed by atoms with E-state index in [1.165, 1.54) is 25.3 Å². The summed E-state index contributed by atoms with van der Waals surface area (Å²) in [5.74, 6) is -0.250. The lowest BCUT2D eigenvalue weighted by Gasteiger charge is -2.11. The maximum Gasteiger partial charge on any atom is 0.340 e. The van der Waals surface area contributed by atoms with Crippen LogP contribution in [0, 0.1) is 6.92 Å². The average molecular weight is 428 g/mol. The average Bonchev–Trinajstić information content (AvgIpc) is 3.22. The standard InChI is InChI=1S/C22H18ClNO6/c1-13-3-7-20(28-2)18(9-13)24-21(26)12-29-22(27)16-10-14(4-6-17(16)23)19-8-5-15(11-25)30-19/h3-11H,12H2,1-2H3,(H,24,26). The first kappa shape index (κ1) is 21.1. The summed E-state index contributed by atoms with van der Waals surface area (Å²) >= 11 is 6.11. The van der Waals surface area contributed by atoms with E-state index in [1.54, 1.807) is 24.3 Å². The summed E-state index contributed by atoms with van der Waals surface area (Å²) in [6, 6.07) is 13.1. The third-order valence-electron chi connectivity index (χ3n) is 4.18. The van der Waals surface area contributed by atoms with E-state index in [9.17, 15) is 14.4 Å². The van der Waals surface area contributed by atoms with E-state index in [0.29, 0.717) is 29.0 Å². The number of rotatable bonds is 7. The normalized spacial score (nSPS) is 10.4. The zero-order chi connectivity index (χ0) is 21.7. The van der Waals surface area contributed by atoms with Crippen LogP contribution in [0.3, 0.4) is 0 Å². The van der Waals surface area contributed by atoms with Gasteiger partial charge in [0.05, 0.1) is 23.4 Å². The van der Waals surface area contributed by atoms with Crippen LogP contribution in [0.5, 0.6) is 5.75 Å². The molecular weight excluding hydrogens is 410 g/mol. The molecule has 1 aromatic heterocycles. The summed E-state index contributed by atoms with van der Waals surface area (Å²) in [6.07, 6.45) is 0.580. The van der Waals surface area contributed by atoms with E-state index in [0.717, 1.165) is 5.56 Å². The number of anilines is 1.